The lowest BCUT2D eigenvalue weighted by Gasteiger charge is -2.36. The summed E-state index contributed by atoms with van der Waals surface area (Å²) in [5, 5.41) is 14.2. The Balaban J connectivity index is 1.55. The van der Waals surface area contributed by atoms with Crippen molar-refractivity contribution in [2.75, 3.05) is 26.2 Å². The zero-order valence-electron chi connectivity index (χ0n) is 15.6. The average molecular weight is 384 g/mol. The predicted molar refractivity (Wildman–Crippen MR) is 107 cm³/mol. The van der Waals surface area contributed by atoms with Crippen molar-refractivity contribution in [3.05, 3.63) is 52.2 Å². The first-order chi connectivity index (χ1) is 13.2. The van der Waals surface area contributed by atoms with Crippen molar-refractivity contribution in [2.24, 2.45) is 5.92 Å². The lowest BCUT2D eigenvalue weighted by atomic mass is 9.97. The molecule has 0 saturated carbocycles. The monoisotopic (exact) mass is 383 g/mol. The molecule has 1 aromatic carbocycles. The van der Waals surface area contributed by atoms with Crippen LogP contribution in [0.25, 0.3) is 0 Å². The summed E-state index contributed by atoms with van der Waals surface area (Å²) in [6.45, 7) is 4.90. The second-order valence-electron chi connectivity index (χ2n) is 6.95. The van der Waals surface area contributed by atoms with Gasteiger partial charge in [-0.15, -0.1) is 11.3 Å². The van der Waals surface area contributed by atoms with Crippen molar-refractivity contribution < 1.29 is 9.53 Å². The van der Waals surface area contributed by atoms with Gasteiger partial charge in [-0.3, -0.25) is 9.69 Å². The highest BCUT2D eigenvalue weighted by atomic mass is 32.1. The van der Waals surface area contributed by atoms with E-state index in [2.05, 4.69) is 40.7 Å². The largest absolute Gasteiger partial charge is 0.482 e. The van der Waals surface area contributed by atoms with E-state index >= 15 is 0 Å². The number of nitrogens with one attached hydrogen (secondary N) is 1. The number of rotatable bonds is 7. The van der Waals surface area contributed by atoms with Crippen molar-refractivity contribution in [2.45, 2.75) is 25.8 Å². The predicted octanol–water partition coefficient (Wildman–Crippen LogP) is 3.59. The second kappa shape index (κ2) is 9.54. The van der Waals surface area contributed by atoms with Gasteiger partial charge < -0.3 is 10.1 Å². The third-order valence-corrected chi connectivity index (χ3v) is 5.96. The molecule has 142 valence electrons. The Kier molecular flexibility index (Phi) is 6.86. The van der Waals surface area contributed by atoms with Crippen LogP contribution in [0.4, 0.5) is 0 Å². The summed E-state index contributed by atoms with van der Waals surface area (Å²) >= 11 is 1.73. The number of likely N-dealkylation sites (tertiary alicyclic amines) is 1. The molecule has 0 spiro atoms. The van der Waals surface area contributed by atoms with Gasteiger partial charge in [0.15, 0.2) is 6.61 Å². The molecule has 3 rings (SSSR count). The molecule has 0 bridgehead atoms. The molecule has 2 aromatic rings. The number of ether oxygens (including phenoxy) is 1. The fraction of sp³-hybridized carbons (Fsp3) is 0.429. The summed E-state index contributed by atoms with van der Waals surface area (Å²) < 4.78 is 5.53. The van der Waals surface area contributed by atoms with Gasteiger partial charge in [0.25, 0.3) is 5.91 Å². The van der Waals surface area contributed by atoms with Crippen molar-refractivity contribution in [1.29, 1.82) is 5.26 Å². The Morgan fingerprint density at radius 3 is 2.81 bits per heavy atom. The first-order valence-electron chi connectivity index (χ1n) is 9.33. The Bertz CT molecular complexity index is 777. The van der Waals surface area contributed by atoms with Crippen LogP contribution in [0, 0.1) is 17.2 Å². The molecule has 1 aliphatic heterocycles. The van der Waals surface area contributed by atoms with Gasteiger partial charge in [0.2, 0.25) is 0 Å². The molecule has 0 radical (unpaired) electrons. The lowest BCUT2D eigenvalue weighted by molar-refractivity contribution is -0.123. The van der Waals surface area contributed by atoms with Crippen LogP contribution in [0.1, 0.15) is 36.2 Å². The number of hydrogen-bond donors (Lipinski definition) is 1. The number of piperidine rings is 1. The van der Waals surface area contributed by atoms with Gasteiger partial charge in [0, 0.05) is 11.4 Å². The molecule has 1 amide bonds. The molecule has 0 aliphatic carbocycles. The van der Waals surface area contributed by atoms with Gasteiger partial charge in [-0.1, -0.05) is 25.1 Å². The lowest BCUT2D eigenvalue weighted by Crippen LogP contribution is -2.42. The quantitative estimate of drug-likeness (QED) is 0.794. The smallest absolute Gasteiger partial charge is 0.258 e. The summed E-state index contributed by atoms with van der Waals surface area (Å²) in [7, 11) is 0. The molecule has 1 saturated heterocycles. The Labute approximate surface area is 164 Å². The van der Waals surface area contributed by atoms with Crippen molar-refractivity contribution in [3.8, 4) is 11.8 Å². The van der Waals surface area contributed by atoms with Crippen molar-refractivity contribution >= 4 is 17.2 Å². The summed E-state index contributed by atoms with van der Waals surface area (Å²) in [6.07, 6.45) is 2.40. The second-order valence-corrected chi connectivity index (χ2v) is 7.93. The van der Waals surface area contributed by atoms with Gasteiger partial charge in [0.1, 0.15) is 11.8 Å². The Hall–Kier alpha value is -2.36. The molecule has 1 atom stereocenters. The van der Waals surface area contributed by atoms with Crippen LogP contribution in [0.5, 0.6) is 5.75 Å². The summed E-state index contributed by atoms with van der Waals surface area (Å²) in [5.74, 6) is 1.04. The SMILES string of the molecule is CC1CCN(C(CNC(=O)COc2ccccc2C#N)c2cccs2)CC1. The topological polar surface area (TPSA) is 65.4 Å². The molecule has 1 fully saturated rings. The van der Waals surface area contributed by atoms with E-state index in [1.165, 1.54) is 17.7 Å². The zero-order valence-corrected chi connectivity index (χ0v) is 16.4. The number of amides is 1. The number of nitrogens with zero attached hydrogens (tertiary/aromatic N) is 2. The van der Waals surface area contributed by atoms with E-state index < -0.39 is 0 Å². The van der Waals surface area contributed by atoms with Crippen molar-refractivity contribution in [3.63, 3.8) is 0 Å². The van der Waals surface area contributed by atoms with Crippen LogP contribution in [0.3, 0.4) is 0 Å². The standard InChI is InChI=1S/C21H25N3O2S/c1-16-8-10-24(11-9-16)18(20-7-4-12-27-20)14-23-21(25)15-26-19-6-3-2-5-17(19)13-22/h2-7,12,16,18H,8-11,14-15H2,1H3,(H,23,25). The minimum absolute atomic E-state index is 0.0904. The number of thiophene rings is 1. The highest BCUT2D eigenvalue weighted by Gasteiger charge is 2.25. The first-order valence-corrected chi connectivity index (χ1v) is 10.2. The van der Waals surface area contributed by atoms with E-state index in [0.29, 0.717) is 17.9 Å². The van der Waals surface area contributed by atoms with Crippen LogP contribution in [-0.4, -0.2) is 37.0 Å². The van der Waals surface area contributed by atoms with Crippen LogP contribution in [0.2, 0.25) is 0 Å². The summed E-state index contributed by atoms with van der Waals surface area (Å²) in [5.41, 5.74) is 0.434. The van der Waals surface area contributed by atoms with Crippen molar-refractivity contribution in [1.82, 2.24) is 10.2 Å². The molecular formula is C21H25N3O2S. The highest BCUT2D eigenvalue weighted by Crippen LogP contribution is 2.29. The maximum atomic E-state index is 12.3. The average Bonchev–Trinajstić information content (AvgIpc) is 3.22. The number of benzene rings is 1. The summed E-state index contributed by atoms with van der Waals surface area (Å²) in [4.78, 5) is 16.0. The van der Waals surface area contributed by atoms with Crippen LogP contribution < -0.4 is 10.1 Å². The first kappa shape index (κ1) is 19.4. The van der Waals surface area contributed by atoms with Crippen LogP contribution in [0.15, 0.2) is 41.8 Å². The third kappa shape index (κ3) is 5.31. The molecule has 1 aromatic heterocycles. The molecule has 5 nitrogen and oxygen atoms in total. The fourth-order valence-electron chi connectivity index (χ4n) is 3.32. The third-order valence-electron chi connectivity index (χ3n) is 4.99. The number of nitriles is 1. The molecule has 1 N–H and O–H groups in total. The minimum atomic E-state index is -0.172. The van der Waals surface area contributed by atoms with Gasteiger partial charge in [-0.2, -0.15) is 5.26 Å². The highest BCUT2D eigenvalue weighted by molar-refractivity contribution is 7.10. The Morgan fingerprint density at radius 1 is 1.33 bits per heavy atom. The van der Waals surface area contributed by atoms with E-state index in [1.54, 1.807) is 35.6 Å². The molecular weight excluding hydrogens is 358 g/mol. The summed E-state index contributed by atoms with van der Waals surface area (Å²) in [6, 6.07) is 13.4. The molecule has 6 heteroatoms. The molecule has 27 heavy (non-hydrogen) atoms. The van der Waals surface area contributed by atoms with Gasteiger partial charge >= 0.3 is 0 Å². The number of para-hydroxylation sites is 1. The van der Waals surface area contributed by atoms with E-state index in [-0.39, 0.29) is 18.6 Å². The van der Waals surface area contributed by atoms with Crippen LogP contribution >= 0.6 is 11.3 Å². The zero-order chi connectivity index (χ0) is 19.1. The van der Waals surface area contributed by atoms with E-state index in [1.807, 2.05) is 0 Å². The normalized spacial score (nSPS) is 16.4. The van der Waals surface area contributed by atoms with Gasteiger partial charge in [0.05, 0.1) is 11.6 Å². The number of hydrogen-bond acceptors (Lipinski definition) is 5. The number of carbonyl (C=O) groups excluding carboxylic acids is 1. The Morgan fingerprint density at radius 2 is 2.11 bits per heavy atom. The number of carbonyl (C=O) groups is 1. The van der Waals surface area contributed by atoms with E-state index in [4.69, 9.17) is 10.00 Å². The van der Waals surface area contributed by atoms with Gasteiger partial charge in [-0.25, -0.2) is 0 Å². The van der Waals surface area contributed by atoms with E-state index in [9.17, 15) is 4.79 Å². The molecule has 1 unspecified atom stereocenters. The molecule has 1 aliphatic rings. The maximum absolute atomic E-state index is 12.3. The van der Waals surface area contributed by atoms with E-state index in [0.717, 1.165) is 19.0 Å². The maximum Gasteiger partial charge on any atom is 0.258 e. The van der Waals surface area contributed by atoms with Crippen LogP contribution in [-0.2, 0) is 4.79 Å². The minimum Gasteiger partial charge on any atom is -0.482 e. The van der Waals surface area contributed by atoms with Gasteiger partial charge in [-0.05, 0) is 55.4 Å². The molecule has 2 heterocycles. The fourth-order valence-corrected chi connectivity index (χ4v) is 4.18.